The van der Waals surface area contributed by atoms with Crippen molar-refractivity contribution < 1.29 is 14.3 Å². The summed E-state index contributed by atoms with van der Waals surface area (Å²) in [6.07, 6.45) is 2.99. The highest BCUT2D eigenvalue weighted by molar-refractivity contribution is 5.87. The highest BCUT2D eigenvalue weighted by Crippen LogP contribution is 2.10. The minimum Gasteiger partial charge on any atom is -0.497 e. The van der Waals surface area contributed by atoms with Gasteiger partial charge in [-0.1, -0.05) is 18.6 Å². The summed E-state index contributed by atoms with van der Waals surface area (Å²) in [4.78, 5) is 23.6. The van der Waals surface area contributed by atoms with Gasteiger partial charge in [0.25, 0.3) is 0 Å². The number of piperidine rings is 1. The molecule has 2 rings (SSSR count). The van der Waals surface area contributed by atoms with Gasteiger partial charge in [0.1, 0.15) is 5.75 Å². The molecule has 0 aliphatic carbocycles. The molecule has 1 aliphatic heterocycles. The molecule has 1 aromatic carbocycles. The quantitative estimate of drug-likeness (QED) is 0.718. The summed E-state index contributed by atoms with van der Waals surface area (Å²) in [6, 6.07) is 7.31. The lowest BCUT2D eigenvalue weighted by atomic mass is 10.0. The van der Waals surface area contributed by atoms with E-state index in [2.05, 4.69) is 16.0 Å². The molecule has 1 aromatic rings. The van der Waals surface area contributed by atoms with Crippen molar-refractivity contribution in [3.8, 4) is 5.75 Å². The second-order valence-corrected chi connectivity index (χ2v) is 5.35. The van der Waals surface area contributed by atoms with Crippen molar-refractivity contribution in [2.45, 2.75) is 31.8 Å². The number of benzene rings is 1. The van der Waals surface area contributed by atoms with E-state index in [4.69, 9.17) is 4.74 Å². The van der Waals surface area contributed by atoms with Gasteiger partial charge in [-0.25, -0.2) is 0 Å². The van der Waals surface area contributed by atoms with Crippen LogP contribution in [0.2, 0.25) is 0 Å². The molecule has 2 amide bonds. The van der Waals surface area contributed by atoms with Crippen LogP contribution in [-0.4, -0.2) is 38.1 Å². The first-order valence-electron chi connectivity index (χ1n) is 7.60. The van der Waals surface area contributed by atoms with Gasteiger partial charge in [0.15, 0.2) is 0 Å². The molecule has 1 aliphatic rings. The first-order valence-corrected chi connectivity index (χ1v) is 7.60. The molecule has 0 aromatic heterocycles. The average Bonchev–Trinajstić information content (AvgIpc) is 2.59. The largest absolute Gasteiger partial charge is 0.497 e. The lowest BCUT2D eigenvalue weighted by molar-refractivity contribution is -0.127. The van der Waals surface area contributed by atoms with Gasteiger partial charge in [-0.3, -0.25) is 9.59 Å². The number of hydrogen-bond acceptors (Lipinski definition) is 4. The predicted octanol–water partition coefficient (Wildman–Crippen LogP) is 0.570. The fraction of sp³-hybridized carbons (Fsp3) is 0.500. The van der Waals surface area contributed by atoms with Gasteiger partial charge in [-0.2, -0.15) is 0 Å². The van der Waals surface area contributed by atoms with E-state index in [1.54, 1.807) is 7.11 Å². The van der Waals surface area contributed by atoms with E-state index in [-0.39, 0.29) is 24.4 Å². The summed E-state index contributed by atoms with van der Waals surface area (Å²) in [5, 5.41) is 8.61. The van der Waals surface area contributed by atoms with Crippen molar-refractivity contribution in [3.05, 3.63) is 29.8 Å². The molecule has 1 atom stereocenters. The van der Waals surface area contributed by atoms with Crippen LogP contribution in [0, 0.1) is 0 Å². The fourth-order valence-electron chi connectivity index (χ4n) is 2.37. The highest BCUT2D eigenvalue weighted by atomic mass is 16.5. The number of methoxy groups -OCH3 is 1. The Bertz CT molecular complexity index is 496. The molecular formula is C16H23N3O3. The van der Waals surface area contributed by atoms with Crippen molar-refractivity contribution in [2.75, 3.05) is 20.2 Å². The molecule has 6 heteroatoms. The van der Waals surface area contributed by atoms with Crippen LogP contribution >= 0.6 is 0 Å². The van der Waals surface area contributed by atoms with Gasteiger partial charge >= 0.3 is 0 Å². The Morgan fingerprint density at radius 3 is 2.64 bits per heavy atom. The number of carbonyl (C=O) groups excluding carboxylic acids is 2. The van der Waals surface area contributed by atoms with Gasteiger partial charge in [-0.05, 0) is 37.1 Å². The normalized spacial score (nSPS) is 17.6. The summed E-state index contributed by atoms with van der Waals surface area (Å²) >= 11 is 0. The number of carbonyl (C=O) groups is 2. The molecule has 0 radical (unpaired) electrons. The van der Waals surface area contributed by atoms with Crippen LogP contribution in [0.25, 0.3) is 0 Å². The topological polar surface area (TPSA) is 79.5 Å². The summed E-state index contributed by atoms with van der Waals surface area (Å²) in [7, 11) is 1.61. The van der Waals surface area contributed by atoms with Gasteiger partial charge in [0.05, 0.1) is 19.7 Å². The smallest absolute Gasteiger partial charge is 0.239 e. The molecule has 1 heterocycles. The maximum atomic E-state index is 11.9. The zero-order valence-corrected chi connectivity index (χ0v) is 12.9. The summed E-state index contributed by atoms with van der Waals surface area (Å²) < 4.78 is 5.08. The average molecular weight is 305 g/mol. The second-order valence-electron chi connectivity index (χ2n) is 5.35. The molecule has 0 saturated carbocycles. The number of hydrogen-bond donors (Lipinski definition) is 3. The molecule has 0 bridgehead atoms. The van der Waals surface area contributed by atoms with E-state index in [1.165, 1.54) is 0 Å². The van der Waals surface area contributed by atoms with E-state index in [9.17, 15) is 9.59 Å². The van der Waals surface area contributed by atoms with E-state index in [1.807, 2.05) is 24.3 Å². The lowest BCUT2D eigenvalue weighted by Gasteiger charge is -2.22. The number of ether oxygens (including phenoxy) is 1. The first-order chi connectivity index (χ1) is 10.7. The van der Waals surface area contributed by atoms with Gasteiger partial charge in [0.2, 0.25) is 11.8 Å². The zero-order chi connectivity index (χ0) is 15.8. The Hall–Kier alpha value is -2.08. The molecular weight excluding hydrogens is 282 g/mol. The SMILES string of the molecule is COc1ccc(CNC(=O)CNC(=O)C2CCCCN2)cc1. The number of rotatable bonds is 6. The van der Waals surface area contributed by atoms with Gasteiger partial charge in [0, 0.05) is 6.54 Å². The molecule has 1 fully saturated rings. The molecule has 0 spiro atoms. The Morgan fingerprint density at radius 2 is 2.00 bits per heavy atom. The van der Waals surface area contributed by atoms with Gasteiger partial charge < -0.3 is 20.7 Å². The Labute approximate surface area is 130 Å². The van der Waals surface area contributed by atoms with Crippen molar-refractivity contribution >= 4 is 11.8 Å². The van der Waals surface area contributed by atoms with Crippen LogP contribution in [0.15, 0.2) is 24.3 Å². The number of nitrogens with one attached hydrogen (secondary N) is 3. The van der Waals surface area contributed by atoms with E-state index in [0.717, 1.165) is 37.1 Å². The third-order valence-electron chi connectivity index (χ3n) is 3.70. The second kappa shape index (κ2) is 8.38. The van der Waals surface area contributed by atoms with Crippen LogP contribution in [0.5, 0.6) is 5.75 Å². The standard InChI is InChI=1S/C16H23N3O3/c1-22-13-7-5-12(6-8-13)10-18-15(20)11-19-16(21)14-4-2-3-9-17-14/h5-8,14,17H,2-4,9-11H2,1H3,(H,18,20)(H,19,21). The maximum Gasteiger partial charge on any atom is 0.239 e. The van der Waals surface area contributed by atoms with Gasteiger partial charge in [-0.15, -0.1) is 0 Å². The highest BCUT2D eigenvalue weighted by Gasteiger charge is 2.20. The Morgan fingerprint density at radius 1 is 1.23 bits per heavy atom. The molecule has 3 N–H and O–H groups in total. The molecule has 120 valence electrons. The summed E-state index contributed by atoms with van der Waals surface area (Å²) in [6.45, 7) is 1.30. The van der Waals surface area contributed by atoms with Crippen LogP contribution in [0.3, 0.4) is 0 Å². The van der Waals surface area contributed by atoms with Crippen molar-refractivity contribution in [2.24, 2.45) is 0 Å². The molecule has 22 heavy (non-hydrogen) atoms. The molecule has 6 nitrogen and oxygen atoms in total. The van der Waals surface area contributed by atoms with E-state index >= 15 is 0 Å². The van der Waals surface area contributed by atoms with Crippen LogP contribution < -0.4 is 20.7 Å². The zero-order valence-electron chi connectivity index (χ0n) is 12.9. The minimum absolute atomic E-state index is 0.00711. The summed E-state index contributed by atoms with van der Waals surface area (Å²) in [5.41, 5.74) is 0.981. The maximum absolute atomic E-state index is 11.9. The van der Waals surface area contributed by atoms with E-state index < -0.39 is 0 Å². The van der Waals surface area contributed by atoms with Crippen molar-refractivity contribution in [3.63, 3.8) is 0 Å². The molecule has 1 saturated heterocycles. The Balaban J connectivity index is 1.67. The monoisotopic (exact) mass is 305 g/mol. The van der Waals surface area contributed by atoms with E-state index in [0.29, 0.717) is 6.54 Å². The first kappa shape index (κ1) is 16.3. The molecule has 1 unspecified atom stereocenters. The third kappa shape index (κ3) is 5.04. The van der Waals surface area contributed by atoms with Crippen molar-refractivity contribution in [1.82, 2.24) is 16.0 Å². The van der Waals surface area contributed by atoms with Crippen LogP contribution in [0.1, 0.15) is 24.8 Å². The van der Waals surface area contributed by atoms with Crippen LogP contribution in [0.4, 0.5) is 0 Å². The number of amides is 2. The fourth-order valence-corrected chi connectivity index (χ4v) is 2.37. The minimum atomic E-state index is -0.194. The third-order valence-corrected chi connectivity index (χ3v) is 3.70. The Kier molecular flexibility index (Phi) is 6.21. The summed E-state index contributed by atoms with van der Waals surface area (Å²) in [5.74, 6) is 0.488. The van der Waals surface area contributed by atoms with Crippen molar-refractivity contribution in [1.29, 1.82) is 0 Å². The van der Waals surface area contributed by atoms with Crippen LogP contribution in [-0.2, 0) is 16.1 Å². The lowest BCUT2D eigenvalue weighted by Crippen LogP contribution is -2.48. The predicted molar refractivity (Wildman–Crippen MR) is 83.5 cm³/mol.